The summed E-state index contributed by atoms with van der Waals surface area (Å²) in [6.07, 6.45) is 1.16. The molecular formula is C19H19N3O4. The Morgan fingerprint density at radius 2 is 2.15 bits per heavy atom. The van der Waals surface area contributed by atoms with E-state index >= 15 is 0 Å². The van der Waals surface area contributed by atoms with E-state index in [1.54, 1.807) is 18.3 Å². The minimum absolute atomic E-state index is 0.0280. The second-order valence-corrected chi connectivity index (χ2v) is 6.06. The van der Waals surface area contributed by atoms with Crippen molar-refractivity contribution in [2.45, 2.75) is 12.5 Å². The fraction of sp³-hybridized carbons (Fsp3) is 0.316. The number of hydrogen-bond donors (Lipinski definition) is 2. The summed E-state index contributed by atoms with van der Waals surface area (Å²) in [7, 11) is 0. The second kappa shape index (κ2) is 8.32. The molecule has 7 nitrogen and oxygen atoms in total. The lowest BCUT2D eigenvalue weighted by Crippen LogP contribution is -2.47. The van der Waals surface area contributed by atoms with Gasteiger partial charge in [-0.3, -0.25) is 4.98 Å². The topological polar surface area (TPSA) is 104 Å². The van der Waals surface area contributed by atoms with Gasteiger partial charge in [0.1, 0.15) is 11.8 Å². The fourth-order valence-corrected chi connectivity index (χ4v) is 2.87. The van der Waals surface area contributed by atoms with Crippen LogP contribution in [0.3, 0.4) is 0 Å². The number of amides is 1. The van der Waals surface area contributed by atoms with Crippen LogP contribution in [0.4, 0.5) is 4.79 Å². The van der Waals surface area contributed by atoms with Crippen LogP contribution in [0, 0.1) is 17.2 Å². The molecule has 7 heteroatoms. The van der Waals surface area contributed by atoms with Gasteiger partial charge in [-0.25, -0.2) is 4.79 Å². The van der Waals surface area contributed by atoms with Gasteiger partial charge in [0, 0.05) is 30.3 Å². The van der Waals surface area contributed by atoms with Crippen molar-refractivity contribution in [2.75, 3.05) is 19.8 Å². The standard InChI is InChI=1S/C19H19N3O4/c20-9-13-1-6-17(21-10-13)14-2-4-16(5-3-14)26-12-15-11-25-8-7-18(15)22-19(23)24/h1-6,10,15,18,22H,7-8,11-12H2,(H,23,24)/t15-,18+/m1/s1. The van der Waals surface area contributed by atoms with Crippen LogP contribution in [0.15, 0.2) is 42.6 Å². The molecule has 1 saturated heterocycles. The zero-order valence-electron chi connectivity index (χ0n) is 14.1. The summed E-state index contributed by atoms with van der Waals surface area (Å²) in [5.74, 6) is 0.668. The van der Waals surface area contributed by atoms with Gasteiger partial charge < -0.3 is 19.9 Å². The fourth-order valence-electron chi connectivity index (χ4n) is 2.87. The molecule has 2 aromatic rings. The zero-order valence-corrected chi connectivity index (χ0v) is 14.1. The van der Waals surface area contributed by atoms with Gasteiger partial charge in [-0.1, -0.05) is 0 Å². The molecule has 1 aromatic heterocycles. The molecule has 0 saturated carbocycles. The molecule has 0 bridgehead atoms. The van der Waals surface area contributed by atoms with Crippen molar-refractivity contribution in [3.8, 4) is 23.1 Å². The first-order chi connectivity index (χ1) is 12.7. The number of pyridine rings is 1. The molecule has 1 aromatic carbocycles. The van der Waals surface area contributed by atoms with Gasteiger partial charge in [0.15, 0.2) is 0 Å². The highest BCUT2D eigenvalue weighted by Gasteiger charge is 2.27. The molecule has 2 heterocycles. The third-order valence-corrected chi connectivity index (χ3v) is 4.29. The quantitative estimate of drug-likeness (QED) is 0.856. The number of carboxylic acid groups (broad SMARTS) is 1. The lowest BCUT2D eigenvalue weighted by Gasteiger charge is -2.31. The van der Waals surface area contributed by atoms with E-state index in [2.05, 4.69) is 10.3 Å². The van der Waals surface area contributed by atoms with Gasteiger partial charge >= 0.3 is 6.09 Å². The molecule has 0 aliphatic carbocycles. The van der Waals surface area contributed by atoms with Gasteiger partial charge in [0.2, 0.25) is 0 Å². The molecule has 134 valence electrons. The highest BCUT2D eigenvalue weighted by molar-refractivity contribution is 5.65. The molecule has 26 heavy (non-hydrogen) atoms. The van der Waals surface area contributed by atoms with Crippen molar-refractivity contribution < 1.29 is 19.4 Å². The molecule has 1 amide bonds. The zero-order chi connectivity index (χ0) is 18.4. The number of hydrogen-bond acceptors (Lipinski definition) is 5. The number of nitriles is 1. The molecule has 2 N–H and O–H groups in total. The van der Waals surface area contributed by atoms with Crippen molar-refractivity contribution in [3.05, 3.63) is 48.2 Å². The average Bonchev–Trinajstić information content (AvgIpc) is 2.67. The van der Waals surface area contributed by atoms with Crippen LogP contribution in [0.1, 0.15) is 12.0 Å². The summed E-state index contributed by atoms with van der Waals surface area (Å²) >= 11 is 0. The van der Waals surface area contributed by atoms with Crippen LogP contribution in [0.25, 0.3) is 11.3 Å². The Hall–Kier alpha value is -3.11. The van der Waals surface area contributed by atoms with E-state index in [0.717, 1.165) is 11.3 Å². The Morgan fingerprint density at radius 3 is 2.81 bits per heavy atom. The first-order valence-corrected chi connectivity index (χ1v) is 8.32. The lowest BCUT2D eigenvalue weighted by atomic mass is 9.97. The summed E-state index contributed by atoms with van der Waals surface area (Å²) in [5, 5.41) is 20.3. The smallest absolute Gasteiger partial charge is 0.404 e. The van der Waals surface area contributed by atoms with Crippen molar-refractivity contribution in [1.82, 2.24) is 10.3 Å². The molecule has 1 fully saturated rings. The maximum absolute atomic E-state index is 10.9. The van der Waals surface area contributed by atoms with Crippen LogP contribution < -0.4 is 10.1 Å². The van der Waals surface area contributed by atoms with Crippen molar-refractivity contribution in [3.63, 3.8) is 0 Å². The predicted octanol–water partition coefficient (Wildman–Crippen LogP) is 2.67. The number of ether oxygens (including phenoxy) is 2. The van der Waals surface area contributed by atoms with Crippen LogP contribution in [0.2, 0.25) is 0 Å². The minimum Gasteiger partial charge on any atom is -0.493 e. The van der Waals surface area contributed by atoms with Gasteiger partial charge in [-0.15, -0.1) is 0 Å². The summed E-state index contributed by atoms with van der Waals surface area (Å²) in [6, 6.07) is 12.9. The van der Waals surface area contributed by atoms with Crippen molar-refractivity contribution in [1.29, 1.82) is 5.26 Å². The molecule has 1 aliphatic rings. The predicted molar refractivity (Wildman–Crippen MR) is 93.8 cm³/mol. The number of nitrogens with one attached hydrogen (secondary N) is 1. The lowest BCUT2D eigenvalue weighted by molar-refractivity contribution is 0.0140. The molecule has 2 atom stereocenters. The highest BCUT2D eigenvalue weighted by Crippen LogP contribution is 2.22. The summed E-state index contributed by atoms with van der Waals surface area (Å²) in [6.45, 7) is 1.39. The normalized spacial score (nSPS) is 19.3. The van der Waals surface area contributed by atoms with Crippen LogP contribution in [0.5, 0.6) is 5.75 Å². The number of benzene rings is 1. The Balaban J connectivity index is 1.60. The summed E-state index contributed by atoms with van der Waals surface area (Å²) in [5.41, 5.74) is 2.23. The van der Waals surface area contributed by atoms with Gasteiger partial charge in [0.25, 0.3) is 0 Å². The number of carbonyl (C=O) groups is 1. The Morgan fingerprint density at radius 1 is 1.35 bits per heavy atom. The average molecular weight is 353 g/mol. The monoisotopic (exact) mass is 353 g/mol. The molecular weight excluding hydrogens is 334 g/mol. The maximum Gasteiger partial charge on any atom is 0.404 e. The van der Waals surface area contributed by atoms with Crippen molar-refractivity contribution in [2.24, 2.45) is 5.92 Å². The first kappa shape index (κ1) is 17.7. The Labute approximate surface area is 151 Å². The Bertz CT molecular complexity index is 784. The van der Waals surface area contributed by atoms with E-state index in [1.807, 2.05) is 30.3 Å². The van der Waals surface area contributed by atoms with E-state index in [4.69, 9.17) is 19.8 Å². The van der Waals surface area contributed by atoms with Gasteiger partial charge in [0.05, 0.1) is 24.5 Å². The summed E-state index contributed by atoms with van der Waals surface area (Å²) in [4.78, 5) is 15.1. The van der Waals surface area contributed by atoms with Crippen molar-refractivity contribution >= 4 is 6.09 Å². The minimum atomic E-state index is -1.03. The van der Waals surface area contributed by atoms with Gasteiger partial charge in [-0.2, -0.15) is 5.26 Å². The van der Waals surface area contributed by atoms with E-state index < -0.39 is 6.09 Å². The van der Waals surface area contributed by atoms with Crippen LogP contribution >= 0.6 is 0 Å². The molecule has 0 spiro atoms. The van der Waals surface area contributed by atoms with E-state index in [9.17, 15) is 4.79 Å². The second-order valence-electron chi connectivity index (χ2n) is 6.06. The molecule has 3 rings (SSSR count). The van der Waals surface area contributed by atoms with Crippen LogP contribution in [-0.2, 0) is 4.74 Å². The number of rotatable bonds is 5. The summed E-state index contributed by atoms with van der Waals surface area (Å²) < 4.78 is 11.2. The van der Waals surface area contributed by atoms with Crippen LogP contribution in [-0.4, -0.2) is 42.0 Å². The number of nitrogens with zero attached hydrogens (tertiary/aromatic N) is 2. The van der Waals surface area contributed by atoms with E-state index in [1.165, 1.54) is 0 Å². The van der Waals surface area contributed by atoms with Gasteiger partial charge in [-0.05, 0) is 42.8 Å². The van der Waals surface area contributed by atoms with E-state index in [-0.39, 0.29) is 12.0 Å². The highest BCUT2D eigenvalue weighted by atomic mass is 16.5. The molecule has 1 aliphatic heterocycles. The maximum atomic E-state index is 10.9. The number of aromatic nitrogens is 1. The largest absolute Gasteiger partial charge is 0.493 e. The SMILES string of the molecule is N#Cc1ccc(-c2ccc(OC[C@H]3COCC[C@@H]3NC(=O)O)cc2)nc1. The molecule has 0 radical (unpaired) electrons. The first-order valence-electron chi connectivity index (χ1n) is 8.32. The third-order valence-electron chi connectivity index (χ3n) is 4.29. The molecule has 0 unspecified atom stereocenters. The van der Waals surface area contributed by atoms with E-state index in [0.29, 0.717) is 37.6 Å². The third kappa shape index (κ3) is 4.49. The Kier molecular flexibility index (Phi) is 5.66.